The first kappa shape index (κ1) is 13.6. The van der Waals surface area contributed by atoms with E-state index in [1.165, 1.54) is 5.56 Å². The summed E-state index contributed by atoms with van der Waals surface area (Å²) in [5, 5.41) is 22.9. The van der Waals surface area contributed by atoms with Gasteiger partial charge in [-0.05, 0) is 30.2 Å². The summed E-state index contributed by atoms with van der Waals surface area (Å²) in [5.74, 6) is 0.173. The Kier molecular flexibility index (Phi) is 4.55. The molecule has 2 aromatic carbocycles. The average molecular weight is 257 g/mol. The Hall–Kier alpha value is -1.84. The zero-order valence-corrected chi connectivity index (χ0v) is 11.0. The smallest absolute Gasteiger partial charge is 0.115 e. The van der Waals surface area contributed by atoms with Gasteiger partial charge in [-0.3, -0.25) is 0 Å². The second kappa shape index (κ2) is 6.36. The van der Waals surface area contributed by atoms with Crippen molar-refractivity contribution in [1.82, 2.24) is 5.32 Å². The predicted molar refractivity (Wildman–Crippen MR) is 75.8 cm³/mol. The number of phenolic OH excluding ortho intramolecular Hbond substituents is 1. The van der Waals surface area contributed by atoms with Crippen molar-refractivity contribution in [3.63, 3.8) is 0 Å². The van der Waals surface area contributed by atoms with Crippen molar-refractivity contribution in [2.24, 2.45) is 0 Å². The summed E-state index contributed by atoms with van der Waals surface area (Å²) < 4.78 is 0. The van der Waals surface area contributed by atoms with Crippen molar-refractivity contribution < 1.29 is 10.2 Å². The van der Waals surface area contributed by atoms with Crippen LogP contribution in [-0.4, -0.2) is 16.3 Å². The molecule has 3 nitrogen and oxygen atoms in total. The van der Waals surface area contributed by atoms with E-state index in [-0.39, 0.29) is 11.8 Å². The van der Waals surface area contributed by atoms with E-state index in [4.69, 9.17) is 0 Å². The molecule has 0 aliphatic rings. The lowest BCUT2D eigenvalue weighted by molar-refractivity contribution is 0.135. The number of aromatic hydroxyl groups is 1. The fraction of sp³-hybridized carbons (Fsp3) is 0.250. The van der Waals surface area contributed by atoms with Crippen molar-refractivity contribution in [3.8, 4) is 5.75 Å². The van der Waals surface area contributed by atoms with Gasteiger partial charge in [0.25, 0.3) is 0 Å². The molecule has 0 unspecified atom stereocenters. The van der Waals surface area contributed by atoms with E-state index in [0.29, 0.717) is 12.1 Å². The molecule has 0 spiro atoms. The quantitative estimate of drug-likeness (QED) is 0.771. The summed E-state index contributed by atoms with van der Waals surface area (Å²) in [4.78, 5) is 0. The maximum Gasteiger partial charge on any atom is 0.115 e. The normalized spacial score (nSPS) is 14.0. The molecule has 3 heteroatoms. The summed E-state index contributed by atoms with van der Waals surface area (Å²) in [6, 6.07) is 16.7. The number of phenols is 1. The van der Waals surface area contributed by atoms with Crippen molar-refractivity contribution in [2.75, 3.05) is 0 Å². The predicted octanol–water partition coefficient (Wildman–Crippen LogP) is 2.60. The number of benzene rings is 2. The van der Waals surface area contributed by atoms with Crippen molar-refractivity contribution in [2.45, 2.75) is 25.6 Å². The summed E-state index contributed by atoms with van der Waals surface area (Å²) in [5.41, 5.74) is 1.89. The molecular formula is C16H19NO2. The maximum absolute atomic E-state index is 10.2. The first-order chi connectivity index (χ1) is 9.16. The fourth-order valence-corrected chi connectivity index (χ4v) is 1.98. The molecule has 0 amide bonds. The Morgan fingerprint density at radius 1 is 1.05 bits per heavy atom. The second-order valence-corrected chi connectivity index (χ2v) is 4.69. The Balaban J connectivity index is 1.94. The summed E-state index contributed by atoms with van der Waals surface area (Å²) in [7, 11) is 0. The van der Waals surface area contributed by atoms with Gasteiger partial charge in [0.2, 0.25) is 0 Å². The van der Waals surface area contributed by atoms with Crippen LogP contribution in [0.5, 0.6) is 5.75 Å². The molecule has 0 aliphatic carbocycles. The number of aliphatic hydroxyl groups is 1. The standard InChI is InChI=1S/C16H19NO2/c1-12(17-11-13-6-3-2-4-7-13)16(19)14-8-5-9-15(18)10-14/h2-10,12,16-19H,11H2,1H3/t12-,16+/m1/s1. The summed E-state index contributed by atoms with van der Waals surface area (Å²) >= 11 is 0. The minimum Gasteiger partial charge on any atom is -0.508 e. The monoisotopic (exact) mass is 257 g/mol. The molecule has 2 aromatic rings. The highest BCUT2D eigenvalue weighted by molar-refractivity contribution is 5.29. The first-order valence-electron chi connectivity index (χ1n) is 6.41. The lowest BCUT2D eigenvalue weighted by Crippen LogP contribution is -2.31. The van der Waals surface area contributed by atoms with Gasteiger partial charge in [0.1, 0.15) is 5.75 Å². The van der Waals surface area contributed by atoms with Gasteiger partial charge in [0.05, 0.1) is 6.10 Å². The zero-order chi connectivity index (χ0) is 13.7. The lowest BCUT2D eigenvalue weighted by Gasteiger charge is -2.21. The van der Waals surface area contributed by atoms with E-state index in [1.807, 2.05) is 43.3 Å². The Morgan fingerprint density at radius 2 is 1.79 bits per heavy atom. The largest absolute Gasteiger partial charge is 0.508 e. The highest BCUT2D eigenvalue weighted by Crippen LogP contribution is 2.20. The van der Waals surface area contributed by atoms with E-state index in [0.717, 1.165) is 0 Å². The number of rotatable bonds is 5. The highest BCUT2D eigenvalue weighted by Gasteiger charge is 2.16. The summed E-state index contributed by atoms with van der Waals surface area (Å²) in [6.07, 6.45) is -0.643. The molecule has 2 rings (SSSR count). The minimum atomic E-state index is -0.643. The van der Waals surface area contributed by atoms with Crippen LogP contribution in [0.1, 0.15) is 24.2 Å². The van der Waals surface area contributed by atoms with Crippen LogP contribution in [0, 0.1) is 0 Å². The third-order valence-corrected chi connectivity index (χ3v) is 3.16. The molecule has 0 radical (unpaired) electrons. The topological polar surface area (TPSA) is 52.5 Å². The maximum atomic E-state index is 10.2. The molecule has 0 aliphatic heterocycles. The molecule has 0 saturated heterocycles. The summed E-state index contributed by atoms with van der Waals surface area (Å²) in [6.45, 7) is 2.63. The van der Waals surface area contributed by atoms with Crippen LogP contribution in [0.3, 0.4) is 0 Å². The van der Waals surface area contributed by atoms with E-state index < -0.39 is 6.10 Å². The molecule has 19 heavy (non-hydrogen) atoms. The number of nitrogens with one attached hydrogen (secondary N) is 1. The molecule has 2 atom stereocenters. The molecule has 100 valence electrons. The van der Waals surface area contributed by atoms with Gasteiger partial charge in [0, 0.05) is 12.6 Å². The highest BCUT2D eigenvalue weighted by atomic mass is 16.3. The van der Waals surface area contributed by atoms with Crippen molar-refractivity contribution >= 4 is 0 Å². The first-order valence-corrected chi connectivity index (χ1v) is 6.41. The van der Waals surface area contributed by atoms with Crippen molar-refractivity contribution in [3.05, 3.63) is 65.7 Å². The number of hydrogen-bond acceptors (Lipinski definition) is 3. The van der Waals surface area contributed by atoms with Gasteiger partial charge >= 0.3 is 0 Å². The van der Waals surface area contributed by atoms with Crippen LogP contribution in [0.25, 0.3) is 0 Å². The second-order valence-electron chi connectivity index (χ2n) is 4.69. The number of hydrogen-bond donors (Lipinski definition) is 3. The zero-order valence-electron chi connectivity index (χ0n) is 11.0. The SMILES string of the molecule is C[C@@H](NCc1ccccc1)[C@H](O)c1cccc(O)c1. The Bertz CT molecular complexity index is 513. The van der Waals surface area contributed by atoms with Crippen LogP contribution >= 0.6 is 0 Å². The molecule has 0 bridgehead atoms. The third kappa shape index (κ3) is 3.81. The van der Waals surface area contributed by atoms with Crippen LogP contribution in [0.2, 0.25) is 0 Å². The molecule has 0 fully saturated rings. The van der Waals surface area contributed by atoms with Crippen LogP contribution in [-0.2, 0) is 6.54 Å². The number of aliphatic hydroxyl groups excluding tert-OH is 1. The van der Waals surface area contributed by atoms with Crippen LogP contribution in [0.15, 0.2) is 54.6 Å². The lowest BCUT2D eigenvalue weighted by atomic mass is 10.0. The van der Waals surface area contributed by atoms with Crippen LogP contribution < -0.4 is 5.32 Å². The van der Waals surface area contributed by atoms with Gasteiger partial charge in [-0.25, -0.2) is 0 Å². The van der Waals surface area contributed by atoms with Gasteiger partial charge in [-0.15, -0.1) is 0 Å². The third-order valence-electron chi connectivity index (χ3n) is 3.16. The van der Waals surface area contributed by atoms with Crippen LogP contribution in [0.4, 0.5) is 0 Å². The van der Waals surface area contributed by atoms with Crippen molar-refractivity contribution in [1.29, 1.82) is 0 Å². The Morgan fingerprint density at radius 3 is 2.47 bits per heavy atom. The molecular weight excluding hydrogens is 238 g/mol. The Labute approximate surface area is 113 Å². The molecule has 3 N–H and O–H groups in total. The fourth-order valence-electron chi connectivity index (χ4n) is 1.98. The van der Waals surface area contributed by atoms with E-state index in [9.17, 15) is 10.2 Å². The van der Waals surface area contributed by atoms with E-state index in [2.05, 4.69) is 5.32 Å². The van der Waals surface area contributed by atoms with E-state index in [1.54, 1.807) is 18.2 Å². The molecule has 0 heterocycles. The minimum absolute atomic E-state index is 0.0954. The van der Waals surface area contributed by atoms with Gasteiger partial charge in [0.15, 0.2) is 0 Å². The van der Waals surface area contributed by atoms with Gasteiger partial charge in [-0.2, -0.15) is 0 Å². The average Bonchev–Trinajstić information content (AvgIpc) is 2.45. The van der Waals surface area contributed by atoms with E-state index >= 15 is 0 Å². The van der Waals surface area contributed by atoms with Gasteiger partial charge in [-0.1, -0.05) is 42.5 Å². The molecule has 0 aromatic heterocycles. The molecule has 0 saturated carbocycles. The van der Waals surface area contributed by atoms with Gasteiger partial charge < -0.3 is 15.5 Å².